The molecule has 124 valence electrons. The molecule has 0 aliphatic heterocycles. The van der Waals surface area contributed by atoms with Gasteiger partial charge in [0.15, 0.2) is 0 Å². The zero-order valence-corrected chi connectivity index (χ0v) is 15.0. The number of nitrogens with one attached hydrogen (secondary N) is 1. The zero-order chi connectivity index (χ0) is 16.8. The third-order valence-corrected chi connectivity index (χ3v) is 3.09. The van der Waals surface area contributed by atoms with Crippen molar-refractivity contribution in [3.8, 4) is 0 Å². The summed E-state index contributed by atoms with van der Waals surface area (Å²) < 4.78 is 0. The third-order valence-electron chi connectivity index (χ3n) is 3.09. The summed E-state index contributed by atoms with van der Waals surface area (Å²) >= 11 is 0. The Morgan fingerprint density at radius 1 is 0.952 bits per heavy atom. The first-order valence-electron chi connectivity index (χ1n) is 8.37. The molecule has 0 aliphatic carbocycles. The van der Waals surface area contributed by atoms with E-state index >= 15 is 0 Å². The number of hydrogen-bond donors (Lipinski definition) is 1. The maximum absolute atomic E-state index is 11.2. The summed E-state index contributed by atoms with van der Waals surface area (Å²) in [5, 5.41) is 3.05. The largest absolute Gasteiger partial charge is 0.381 e. The molecule has 0 aliphatic rings. The van der Waals surface area contributed by atoms with Crippen LogP contribution in [0.1, 0.15) is 59.9 Å². The fourth-order valence-corrected chi connectivity index (χ4v) is 1.98. The van der Waals surface area contributed by atoms with E-state index in [4.69, 9.17) is 0 Å². The molecule has 1 aromatic carbocycles. The average Bonchev–Trinajstić information content (AvgIpc) is 2.56. The molecule has 0 saturated heterocycles. The summed E-state index contributed by atoms with van der Waals surface area (Å²) in [7, 11) is 0. The summed E-state index contributed by atoms with van der Waals surface area (Å²) in [6, 6.07) is 0. The van der Waals surface area contributed by atoms with Crippen LogP contribution in [0.15, 0.2) is 9.59 Å². The Labute approximate surface area is 130 Å². The van der Waals surface area contributed by atoms with E-state index in [1.807, 2.05) is 27.7 Å². The smallest absolute Gasteiger partial charge is 0.249 e. The van der Waals surface area contributed by atoms with Crippen LogP contribution < -0.4 is 16.2 Å². The van der Waals surface area contributed by atoms with Crippen LogP contribution in [0.4, 0.5) is 5.69 Å². The van der Waals surface area contributed by atoms with Crippen molar-refractivity contribution in [2.24, 2.45) is 0 Å². The fourth-order valence-electron chi connectivity index (χ4n) is 1.98. The quantitative estimate of drug-likeness (QED) is 0.591. The second-order valence-corrected chi connectivity index (χ2v) is 4.37. The molecule has 0 bridgehead atoms. The van der Waals surface area contributed by atoms with Gasteiger partial charge in [-0.25, -0.2) is 0 Å². The van der Waals surface area contributed by atoms with Crippen LogP contribution in [0.2, 0.25) is 0 Å². The van der Waals surface area contributed by atoms with Gasteiger partial charge in [0.25, 0.3) is 0 Å². The van der Waals surface area contributed by atoms with Gasteiger partial charge in [0, 0.05) is 12.1 Å². The fraction of sp³-hybridized carbons (Fsp3) is 0.765. The molecule has 1 rings (SSSR count). The normalized spacial score (nSPS) is 9.71. The Morgan fingerprint density at radius 2 is 1.52 bits per heavy atom. The number of nitrogens with zero attached hydrogens (tertiary/aromatic N) is 1. The first-order valence-corrected chi connectivity index (χ1v) is 8.37. The van der Waals surface area contributed by atoms with Crippen LogP contribution in [-0.2, 0) is 0 Å². The lowest BCUT2D eigenvalue weighted by molar-refractivity contribution is 0.288. The maximum Gasteiger partial charge on any atom is 0.249 e. The second-order valence-electron chi connectivity index (χ2n) is 4.37. The van der Waals surface area contributed by atoms with Crippen molar-refractivity contribution < 1.29 is 0 Å². The van der Waals surface area contributed by atoms with E-state index < -0.39 is 0 Å². The molecule has 0 aromatic heterocycles. The van der Waals surface area contributed by atoms with Crippen molar-refractivity contribution in [3.05, 3.63) is 26.0 Å². The predicted octanol–water partition coefficient (Wildman–Crippen LogP) is 3.18. The average molecular weight is 298 g/mol. The van der Waals surface area contributed by atoms with Crippen molar-refractivity contribution in [3.63, 3.8) is 0 Å². The van der Waals surface area contributed by atoms with Crippen LogP contribution in [0.3, 0.4) is 0 Å². The number of anilines is 1. The minimum atomic E-state index is -0.358. The molecular weight excluding hydrogens is 264 g/mol. The van der Waals surface area contributed by atoms with Gasteiger partial charge in [-0.1, -0.05) is 41.5 Å². The molecule has 1 N–H and O–H groups in total. The van der Waals surface area contributed by atoms with Crippen molar-refractivity contribution in [1.82, 2.24) is 4.90 Å². The van der Waals surface area contributed by atoms with Crippen molar-refractivity contribution >= 4 is 5.69 Å². The minimum absolute atomic E-state index is 0.339. The van der Waals surface area contributed by atoms with Gasteiger partial charge < -0.3 is 10.2 Å². The minimum Gasteiger partial charge on any atom is -0.381 e. The van der Waals surface area contributed by atoms with Crippen molar-refractivity contribution in [1.29, 1.82) is 0 Å². The van der Waals surface area contributed by atoms with Gasteiger partial charge in [0.1, 0.15) is 0 Å². The van der Waals surface area contributed by atoms with E-state index in [1.165, 1.54) is 6.42 Å². The summed E-state index contributed by atoms with van der Waals surface area (Å²) in [5.74, 6) is 0. The van der Waals surface area contributed by atoms with E-state index in [-0.39, 0.29) is 10.9 Å². The molecule has 0 saturated carbocycles. The van der Waals surface area contributed by atoms with Crippen LogP contribution in [0, 0.1) is 6.92 Å². The Morgan fingerprint density at radius 3 is 1.95 bits per heavy atom. The van der Waals surface area contributed by atoms with Crippen LogP contribution in [0.25, 0.3) is 0 Å². The van der Waals surface area contributed by atoms with Gasteiger partial charge in [0.2, 0.25) is 10.9 Å². The molecule has 0 amide bonds. The van der Waals surface area contributed by atoms with Gasteiger partial charge in [0.05, 0.1) is 5.69 Å². The lowest BCUT2D eigenvalue weighted by atomic mass is 10.1. The molecule has 1 aromatic rings. The Bertz CT molecular complexity index is 420. The number of rotatable bonds is 8. The molecule has 0 atom stereocenters. The SMILES string of the molecule is CC.CC.CCCN(CC)CCCNc1c(C)c(=O)c1=O. The van der Waals surface area contributed by atoms with Gasteiger partial charge >= 0.3 is 0 Å². The van der Waals surface area contributed by atoms with E-state index in [9.17, 15) is 9.59 Å². The van der Waals surface area contributed by atoms with Crippen LogP contribution >= 0.6 is 0 Å². The highest BCUT2D eigenvalue weighted by atomic mass is 16.2. The number of hydrogen-bond acceptors (Lipinski definition) is 4. The summed E-state index contributed by atoms with van der Waals surface area (Å²) in [4.78, 5) is 24.6. The van der Waals surface area contributed by atoms with Crippen LogP contribution in [-0.4, -0.2) is 31.1 Å². The lowest BCUT2D eigenvalue weighted by Crippen LogP contribution is -2.37. The van der Waals surface area contributed by atoms with Crippen LogP contribution in [0.5, 0.6) is 0 Å². The highest BCUT2D eigenvalue weighted by Gasteiger charge is 2.15. The van der Waals surface area contributed by atoms with Gasteiger partial charge in [-0.3, -0.25) is 9.59 Å². The topological polar surface area (TPSA) is 49.4 Å². The van der Waals surface area contributed by atoms with Gasteiger partial charge in [-0.2, -0.15) is 0 Å². The Hall–Kier alpha value is -1.16. The summed E-state index contributed by atoms with van der Waals surface area (Å²) in [5.41, 5.74) is 0.404. The Kier molecular flexibility index (Phi) is 14.5. The molecule has 0 radical (unpaired) electrons. The molecule has 4 heteroatoms. The molecule has 21 heavy (non-hydrogen) atoms. The predicted molar refractivity (Wildman–Crippen MR) is 94.3 cm³/mol. The van der Waals surface area contributed by atoms with E-state index in [1.54, 1.807) is 6.92 Å². The monoisotopic (exact) mass is 298 g/mol. The first kappa shape index (κ1) is 22.1. The van der Waals surface area contributed by atoms with E-state index in [0.29, 0.717) is 11.3 Å². The molecule has 4 nitrogen and oxygen atoms in total. The second kappa shape index (κ2) is 13.8. The molecule has 0 heterocycles. The zero-order valence-electron chi connectivity index (χ0n) is 15.0. The highest BCUT2D eigenvalue weighted by Crippen LogP contribution is 2.05. The summed E-state index contributed by atoms with van der Waals surface area (Å²) in [6.45, 7) is 18.0. The highest BCUT2D eigenvalue weighted by molar-refractivity contribution is 5.55. The first-order chi connectivity index (χ1) is 10.1. The van der Waals surface area contributed by atoms with Crippen molar-refractivity contribution in [2.75, 3.05) is 31.5 Å². The maximum atomic E-state index is 11.2. The Balaban J connectivity index is 0. The lowest BCUT2D eigenvalue weighted by Gasteiger charge is -2.19. The molecule has 0 unspecified atom stereocenters. The third kappa shape index (κ3) is 7.42. The van der Waals surface area contributed by atoms with Gasteiger partial charge in [-0.05, 0) is 39.4 Å². The van der Waals surface area contributed by atoms with Gasteiger partial charge in [-0.15, -0.1) is 0 Å². The van der Waals surface area contributed by atoms with Crippen molar-refractivity contribution in [2.45, 2.75) is 61.3 Å². The molecule has 0 spiro atoms. The molecular formula is C17H34N2O2. The molecule has 0 fully saturated rings. The van der Waals surface area contributed by atoms with E-state index in [2.05, 4.69) is 24.1 Å². The summed E-state index contributed by atoms with van der Waals surface area (Å²) in [6.07, 6.45) is 2.16. The standard InChI is InChI=1S/C13H22N2O2.2C2H6/c1-4-8-15(5-2)9-6-7-14-11-10(3)12(16)13(11)17;2*1-2/h14H,4-9H2,1-3H3;2*1-2H3. The van der Waals surface area contributed by atoms with E-state index in [0.717, 1.165) is 32.6 Å².